The van der Waals surface area contributed by atoms with Gasteiger partial charge in [-0.15, -0.1) is 0 Å². The fraction of sp³-hybridized carbons (Fsp3) is 0.464. The van der Waals surface area contributed by atoms with Gasteiger partial charge in [-0.1, -0.05) is 74.5 Å². The highest BCUT2D eigenvalue weighted by Crippen LogP contribution is 2.30. The number of benzene rings is 2. The molecule has 2 aromatic rings. The van der Waals surface area contributed by atoms with Crippen LogP contribution in [0.4, 0.5) is 4.79 Å². The summed E-state index contributed by atoms with van der Waals surface area (Å²) in [5.74, 6) is -0.195. The molecule has 1 fully saturated rings. The van der Waals surface area contributed by atoms with Gasteiger partial charge in [0.2, 0.25) is 0 Å². The third-order valence-corrected chi connectivity index (χ3v) is 6.32. The second kappa shape index (κ2) is 12.9. The van der Waals surface area contributed by atoms with Gasteiger partial charge in [-0.2, -0.15) is 5.26 Å². The first kappa shape index (κ1) is 26.2. The molecule has 1 saturated heterocycles. The van der Waals surface area contributed by atoms with Crippen molar-refractivity contribution in [2.45, 2.75) is 64.3 Å². The van der Waals surface area contributed by atoms with E-state index in [0.29, 0.717) is 32.4 Å². The highest BCUT2D eigenvalue weighted by Gasteiger charge is 2.43. The molecule has 1 aliphatic heterocycles. The number of carbonyl (C=O) groups is 2. The van der Waals surface area contributed by atoms with E-state index in [9.17, 15) is 14.9 Å². The summed E-state index contributed by atoms with van der Waals surface area (Å²) >= 11 is 0. The molecule has 2 atom stereocenters. The minimum absolute atomic E-state index is 0.123. The van der Waals surface area contributed by atoms with Crippen molar-refractivity contribution < 1.29 is 14.3 Å². The largest absolute Gasteiger partial charge is 0.436 e. The monoisotopic (exact) mass is 476 g/mol. The average Bonchev–Trinajstić information content (AvgIpc) is 3.13. The van der Waals surface area contributed by atoms with Gasteiger partial charge in [0.15, 0.2) is 6.10 Å². The Labute approximate surface area is 208 Å². The summed E-state index contributed by atoms with van der Waals surface area (Å²) < 4.78 is 5.71. The number of hydrogen-bond acceptors (Lipinski definition) is 5. The summed E-state index contributed by atoms with van der Waals surface area (Å²) in [7, 11) is 0. The van der Waals surface area contributed by atoms with Crippen LogP contribution in [0.15, 0.2) is 60.7 Å². The first-order valence-electron chi connectivity index (χ1n) is 12.4. The molecule has 186 valence electrons. The average molecular weight is 477 g/mol. The summed E-state index contributed by atoms with van der Waals surface area (Å²) in [5, 5.41) is 16.4. The Kier molecular flexibility index (Phi) is 9.68. The Bertz CT molecular complexity index is 980. The van der Waals surface area contributed by atoms with Crippen LogP contribution in [-0.2, 0) is 22.6 Å². The summed E-state index contributed by atoms with van der Waals surface area (Å²) in [6, 6.07) is 21.7. The minimum atomic E-state index is -0.976. The van der Waals surface area contributed by atoms with Crippen LogP contribution in [0.5, 0.6) is 0 Å². The van der Waals surface area contributed by atoms with Crippen molar-refractivity contribution in [3.05, 3.63) is 71.8 Å². The fourth-order valence-electron chi connectivity index (χ4n) is 4.44. The second-order valence-electron chi connectivity index (χ2n) is 9.52. The maximum atomic E-state index is 14.0. The summed E-state index contributed by atoms with van der Waals surface area (Å²) in [5.41, 5.74) is 0.913. The normalized spacial score (nSPS) is 18.7. The standard InChI is InChI=1S/C28H36N4O3/c1-22(2)18-25(35-27(34)31-19-23-10-5-3-6-11-23)26(33)32(20-24-12-7-4-8-13-24)28(21-29)14-9-16-30-17-15-28/h3-8,10-13,22,25,30H,9,14-20H2,1-2H3,(H,31,34). The maximum absolute atomic E-state index is 14.0. The molecule has 1 aliphatic rings. The molecule has 7 heteroatoms. The highest BCUT2D eigenvalue weighted by molar-refractivity contribution is 5.84. The van der Waals surface area contributed by atoms with Crippen LogP contribution in [0.2, 0.25) is 0 Å². The molecule has 2 unspecified atom stereocenters. The summed E-state index contributed by atoms with van der Waals surface area (Å²) in [6.07, 6.45) is 0.652. The molecule has 7 nitrogen and oxygen atoms in total. The molecule has 2 amide bonds. The molecule has 0 spiro atoms. The minimum Gasteiger partial charge on any atom is -0.436 e. The Morgan fingerprint density at radius 1 is 1.06 bits per heavy atom. The first-order valence-corrected chi connectivity index (χ1v) is 12.4. The molecule has 2 aromatic carbocycles. The number of nitriles is 1. The molecule has 0 aromatic heterocycles. The third kappa shape index (κ3) is 7.56. The number of ether oxygens (including phenoxy) is 1. The van der Waals surface area contributed by atoms with Crippen molar-refractivity contribution in [2.24, 2.45) is 5.92 Å². The predicted octanol–water partition coefficient (Wildman–Crippen LogP) is 4.39. The third-order valence-electron chi connectivity index (χ3n) is 6.32. The number of rotatable bonds is 9. The van der Waals surface area contributed by atoms with E-state index in [1.165, 1.54) is 0 Å². The van der Waals surface area contributed by atoms with Gasteiger partial charge in [0.25, 0.3) is 5.91 Å². The first-order chi connectivity index (χ1) is 16.9. The molecule has 35 heavy (non-hydrogen) atoms. The van der Waals surface area contributed by atoms with E-state index in [0.717, 1.165) is 24.1 Å². The smallest absolute Gasteiger partial charge is 0.408 e. The lowest BCUT2D eigenvalue weighted by Gasteiger charge is -2.40. The van der Waals surface area contributed by atoms with Crippen LogP contribution in [0.1, 0.15) is 50.7 Å². The van der Waals surface area contributed by atoms with Gasteiger partial charge in [0.05, 0.1) is 6.07 Å². The van der Waals surface area contributed by atoms with E-state index >= 15 is 0 Å². The van der Waals surface area contributed by atoms with Crippen molar-refractivity contribution >= 4 is 12.0 Å². The van der Waals surface area contributed by atoms with Crippen LogP contribution in [0.3, 0.4) is 0 Å². The molecule has 0 saturated carbocycles. The predicted molar refractivity (Wildman–Crippen MR) is 135 cm³/mol. The highest BCUT2D eigenvalue weighted by atomic mass is 16.6. The molecule has 0 radical (unpaired) electrons. The Balaban J connectivity index is 1.84. The quantitative estimate of drug-likeness (QED) is 0.560. The van der Waals surface area contributed by atoms with Crippen molar-refractivity contribution in [3.63, 3.8) is 0 Å². The zero-order valence-electron chi connectivity index (χ0n) is 20.7. The molecule has 1 heterocycles. The lowest BCUT2D eigenvalue weighted by Crippen LogP contribution is -2.55. The molecule has 2 N–H and O–H groups in total. The number of hydrogen-bond donors (Lipinski definition) is 2. The van der Waals surface area contributed by atoms with Crippen LogP contribution in [0.25, 0.3) is 0 Å². The zero-order valence-corrected chi connectivity index (χ0v) is 20.7. The SMILES string of the molecule is CC(C)CC(OC(=O)NCc1ccccc1)C(=O)N(Cc1ccccc1)C1(C#N)CCCNCC1. The zero-order chi connectivity index (χ0) is 25.1. The molecule has 0 aliphatic carbocycles. The molecule has 0 bridgehead atoms. The van der Waals surface area contributed by atoms with Gasteiger partial charge in [0.1, 0.15) is 5.54 Å². The number of nitrogens with zero attached hydrogens (tertiary/aromatic N) is 2. The number of nitrogens with one attached hydrogen (secondary N) is 2. The summed E-state index contributed by atoms with van der Waals surface area (Å²) in [6.45, 7) is 6.04. The van der Waals surface area contributed by atoms with E-state index in [1.54, 1.807) is 4.90 Å². The van der Waals surface area contributed by atoms with Crippen molar-refractivity contribution in [1.29, 1.82) is 5.26 Å². The van der Waals surface area contributed by atoms with E-state index in [4.69, 9.17) is 4.74 Å². The van der Waals surface area contributed by atoms with Crippen LogP contribution >= 0.6 is 0 Å². The van der Waals surface area contributed by atoms with E-state index in [-0.39, 0.29) is 18.4 Å². The van der Waals surface area contributed by atoms with Gasteiger partial charge < -0.3 is 20.3 Å². The van der Waals surface area contributed by atoms with Crippen LogP contribution in [0, 0.1) is 17.2 Å². The van der Waals surface area contributed by atoms with Crippen LogP contribution in [-0.4, -0.2) is 41.6 Å². The van der Waals surface area contributed by atoms with Gasteiger partial charge in [-0.05, 0) is 55.8 Å². The molecular formula is C28H36N4O3. The lowest BCUT2D eigenvalue weighted by molar-refractivity contribution is -0.147. The van der Waals surface area contributed by atoms with Crippen molar-refractivity contribution in [2.75, 3.05) is 13.1 Å². The second-order valence-corrected chi connectivity index (χ2v) is 9.52. The van der Waals surface area contributed by atoms with Crippen molar-refractivity contribution in [1.82, 2.24) is 15.5 Å². The van der Waals surface area contributed by atoms with E-state index in [2.05, 4.69) is 16.7 Å². The maximum Gasteiger partial charge on any atom is 0.408 e. The molecular weight excluding hydrogens is 440 g/mol. The van der Waals surface area contributed by atoms with Gasteiger partial charge in [-0.25, -0.2) is 4.79 Å². The fourth-order valence-corrected chi connectivity index (χ4v) is 4.44. The van der Waals surface area contributed by atoms with E-state index < -0.39 is 17.7 Å². The Hall–Kier alpha value is -3.37. The van der Waals surface area contributed by atoms with Gasteiger partial charge >= 0.3 is 6.09 Å². The Morgan fingerprint density at radius 2 is 1.71 bits per heavy atom. The van der Waals surface area contributed by atoms with Crippen molar-refractivity contribution in [3.8, 4) is 6.07 Å². The summed E-state index contributed by atoms with van der Waals surface area (Å²) in [4.78, 5) is 28.4. The van der Waals surface area contributed by atoms with E-state index in [1.807, 2.05) is 74.5 Å². The lowest BCUT2D eigenvalue weighted by atomic mass is 9.88. The number of amides is 2. The van der Waals surface area contributed by atoms with Gasteiger partial charge in [0, 0.05) is 13.1 Å². The topological polar surface area (TPSA) is 94.5 Å². The Morgan fingerprint density at radius 3 is 2.34 bits per heavy atom. The number of alkyl carbamates (subject to hydrolysis) is 1. The van der Waals surface area contributed by atoms with Crippen LogP contribution < -0.4 is 10.6 Å². The van der Waals surface area contributed by atoms with Gasteiger partial charge in [-0.3, -0.25) is 4.79 Å². The molecule has 3 rings (SSSR count). The number of carbonyl (C=O) groups excluding carboxylic acids is 2.